The Morgan fingerprint density at radius 1 is 1.54 bits per heavy atom. The molecule has 0 bridgehead atoms. The maximum absolute atomic E-state index is 10.1. The molecule has 0 saturated carbocycles. The lowest BCUT2D eigenvalue weighted by Crippen LogP contribution is -2.23. The Labute approximate surface area is 87.2 Å². The minimum atomic E-state index is -2.30. The normalized spacial score (nSPS) is 12.5. The second-order valence-electron chi connectivity index (χ2n) is 2.43. The van der Waals surface area contributed by atoms with Crippen molar-refractivity contribution in [2.24, 2.45) is 0 Å². The molecule has 0 aliphatic heterocycles. The quantitative estimate of drug-likeness (QED) is 0.641. The van der Waals surface area contributed by atoms with Crippen LogP contribution in [0.1, 0.15) is 5.56 Å². The number of halogens is 1. The van der Waals surface area contributed by atoms with Crippen molar-refractivity contribution in [3.05, 3.63) is 28.2 Å². The van der Waals surface area contributed by atoms with Crippen LogP contribution in [0.25, 0.3) is 0 Å². The Kier molecular flexibility index (Phi) is 3.86. The van der Waals surface area contributed by atoms with Crippen molar-refractivity contribution in [3.8, 4) is 0 Å². The number of aryl methyl sites for hydroxylation is 1. The molecule has 13 heavy (non-hydrogen) atoms. The fraction of sp³-hybridized carbons (Fsp3) is 0.143. The highest BCUT2D eigenvalue weighted by atomic mass is 79.9. The Hall–Kier alpha value is -0.430. The van der Waals surface area contributed by atoms with Crippen molar-refractivity contribution in [2.75, 3.05) is 5.43 Å². The molecule has 0 spiro atoms. The van der Waals surface area contributed by atoms with Crippen LogP contribution in [0.5, 0.6) is 0 Å². The lowest BCUT2D eigenvalue weighted by atomic mass is 10.2. The van der Waals surface area contributed by atoms with Gasteiger partial charge in [0.2, 0.25) is 0 Å². The first-order chi connectivity index (χ1) is 6.09. The molecule has 0 amide bonds. The minimum absolute atomic E-state index is 0.699. The van der Waals surface area contributed by atoms with Gasteiger partial charge >= 0.3 is 0 Å². The van der Waals surface area contributed by atoms with Crippen molar-refractivity contribution in [1.29, 1.82) is 0 Å². The summed E-state index contributed by atoms with van der Waals surface area (Å²) < 4.78 is 21.3. The van der Waals surface area contributed by atoms with Gasteiger partial charge in [0, 0.05) is 15.7 Å². The maximum atomic E-state index is 10.1. The van der Waals surface area contributed by atoms with Crippen LogP contribution in [0.15, 0.2) is 22.7 Å². The van der Waals surface area contributed by atoms with Crippen LogP contribution >= 0.6 is 15.9 Å². The summed E-state index contributed by atoms with van der Waals surface area (Å²) in [5.74, 6) is 0. The van der Waals surface area contributed by atoms with Gasteiger partial charge in [-0.1, -0.05) is 15.9 Å². The second kappa shape index (κ2) is 4.71. The molecule has 1 rings (SSSR count). The smallest absolute Gasteiger partial charge is 0.0500 e. The van der Waals surface area contributed by atoms with Crippen molar-refractivity contribution >= 4 is 32.9 Å². The van der Waals surface area contributed by atoms with Crippen molar-refractivity contribution in [2.45, 2.75) is 6.92 Å². The van der Waals surface area contributed by atoms with Gasteiger partial charge in [0.25, 0.3) is 0 Å². The van der Waals surface area contributed by atoms with E-state index in [1.165, 1.54) is 0 Å². The number of anilines is 1. The minimum Gasteiger partial charge on any atom is -0.759 e. The van der Waals surface area contributed by atoms with Crippen molar-refractivity contribution < 1.29 is 8.76 Å². The summed E-state index contributed by atoms with van der Waals surface area (Å²) >= 11 is 1.04. The monoisotopic (exact) mass is 263 g/mol. The van der Waals surface area contributed by atoms with E-state index in [-0.39, 0.29) is 0 Å². The predicted octanol–water partition coefficient (Wildman–Crippen LogP) is 1.47. The van der Waals surface area contributed by atoms with E-state index < -0.39 is 11.3 Å². The molecule has 0 fully saturated rings. The van der Waals surface area contributed by atoms with Crippen LogP contribution in [-0.2, 0) is 11.3 Å². The van der Waals surface area contributed by atoms with Gasteiger partial charge in [-0.2, -0.15) is 4.83 Å². The van der Waals surface area contributed by atoms with Gasteiger partial charge < -0.3 is 9.98 Å². The van der Waals surface area contributed by atoms with Gasteiger partial charge in [0.1, 0.15) is 0 Å². The average Bonchev–Trinajstić information content (AvgIpc) is 2.07. The highest BCUT2D eigenvalue weighted by Gasteiger charge is 1.95. The summed E-state index contributed by atoms with van der Waals surface area (Å²) in [6, 6.07) is 5.42. The first-order valence-electron chi connectivity index (χ1n) is 3.46. The van der Waals surface area contributed by atoms with E-state index in [1.807, 2.05) is 19.1 Å². The van der Waals surface area contributed by atoms with E-state index >= 15 is 0 Å². The molecule has 0 radical (unpaired) electrons. The highest BCUT2D eigenvalue weighted by molar-refractivity contribution is 9.10. The Bertz CT molecular complexity index is 332. The number of hydrogen-bond acceptors (Lipinski definition) is 3. The van der Waals surface area contributed by atoms with Gasteiger partial charge in [0.15, 0.2) is 0 Å². The van der Waals surface area contributed by atoms with E-state index in [9.17, 15) is 8.76 Å². The first-order valence-corrected chi connectivity index (χ1v) is 5.33. The largest absolute Gasteiger partial charge is 0.759 e. The summed E-state index contributed by atoms with van der Waals surface area (Å²) in [6.45, 7) is 1.92. The lowest BCUT2D eigenvalue weighted by Gasteiger charge is -2.10. The number of nitrogens with one attached hydrogen (secondary N) is 2. The molecular formula is C7H8BrN2O2S-. The third kappa shape index (κ3) is 3.43. The van der Waals surface area contributed by atoms with E-state index in [2.05, 4.69) is 26.2 Å². The van der Waals surface area contributed by atoms with E-state index in [4.69, 9.17) is 0 Å². The zero-order valence-electron chi connectivity index (χ0n) is 6.83. The molecule has 0 aliphatic rings. The van der Waals surface area contributed by atoms with Gasteiger partial charge in [-0.15, -0.1) is 0 Å². The van der Waals surface area contributed by atoms with Crippen LogP contribution in [0.4, 0.5) is 5.69 Å². The van der Waals surface area contributed by atoms with Crippen LogP contribution in [0, 0.1) is 6.92 Å². The van der Waals surface area contributed by atoms with Gasteiger partial charge in [-0.05, 0) is 30.7 Å². The molecule has 2 N–H and O–H groups in total. The Morgan fingerprint density at radius 3 is 2.77 bits per heavy atom. The summed E-state index contributed by atoms with van der Waals surface area (Å²) in [7, 11) is 0. The third-order valence-electron chi connectivity index (χ3n) is 1.44. The fourth-order valence-corrected chi connectivity index (χ4v) is 1.27. The molecule has 1 aromatic carbocycles. The second-order valence-corrected chi connectivity index (χ2v) is 3.95. The summed E-state index contributed by atoms with van der Waals surface area (Å²) in [5.41, 5.74) is 4.26. The number of benzene rings is 1. The summed E-state index contributed by atoms with van der Waals surface area (Å²) in [4.78, 5) is 2.06. The molecule has 0 aromatic heterocycles. The number of hydrazine groups is 1. The lowest BCUT2D eigenvalue weighted by molar-refractivity contribution is 0.528. The maximum Gasteiger partial charge on any atom is 0.0500 e. The molecule has 1 atom stereocenters. The van der Waals surface area contributed by atoms with E-state index in [0.717, 1.165) is 10.0 Å². The molecule has 4 nitrogen and oxygen atoms in total. The topological polar surface area (TPSA) is 64.2 Å². The van der Waals surface area contributed by atoms with Crippen LogP contribution in [0.3, 0.4) is 0 Å². The number of hydrogen-bond donors (Lipinski definition) is 2. The highest BCUT2D eigenvalue weighted by Crippen LogP contribution is 2.19. The molecule has 1 unspecified atom stereocenters. The zero-order valence-corrected chi connectivity index (χ0v) is 9.24. The van der Waals surface area contributed by atoms with Crippen molar-refractivity contribution in [1.82, 2.24) is 4.83 Å². The molecule has 1 aromatic rings. The third-order valence-corrected chi connectivity index (χ3v) is 2.60. The molecule has 72 valence electrons. The predicted molar refractivity (Wildman–Crippen MR) is 54.6 cm³/mol. The van der Waals surface area contributed by atoms with Crippen LogP contribution in [-0.4, -0.2) is 8.76 Å². The molecule has 0 aliphatic carbocycles. The summed E-state index contributed by atoms with van der Waals surface area (Å²) in [6.07, 6.45) is 0. The molecule has 6 heteroatoms. The van der Waals surface area contributed by atoms with E-state index in [1.54, 1.807) is 6.07 Å². The standard InChI is InChI=1S/C7H9BrN2O2S/c1-5-4-6(2-3-7(5)8)9-10-13(11)12/h2-4,9-10H,1H3,(H,11,12)/p-1. The fourth-order valence-electron chi connectivity index (χ4n) is 0.823. The molecule has 0 saturated heterocycles. The summed E-state index contributed by atoms with van der Waals surface area (Å²) in [5, 5.41) is 0. The molecular weight excluding hydrogens is 256 g/mol. The van der Waals surface area contributed by atoms with Crippen LogP contribution in [0.2, 0.25) is 0 Å². The van der Waals surface area contributed by atoms with Gasteiger partial charge in [-0.3, -0.25) is 4.21 Å². The van der Waals surface area contributed by atoms with Crippen LogP contribution < -0.4 is 10.3 Å². The van der Waals surface area contributed by atoms with E-state index in [0.29, 0.717) is 5.69 Å². The van der Waals surface area contributed by atoms with Gasteiger partial charge in [-0.25, -0.2) is 0 Å². The molecule has 0 heterocycles. The van der Waals surface area contributed by atoms with Gasteiger partial charge in [0.05, 0.1) is 5.69 Å². The average molecular weight is 264 g/mol. The first kappa shape index (κ1) is 10.6. The zero-order chi connectivity index (χ0) is 9.84. The van der Waals surface area contributed by atoms with Crippen molar-refractivity contribution in [3.63, 3.8) is 0 Å². The SMILES string of the molecule is Cc1cc(NNS(=O)[O-])ccc1Br. The number of rotatable bonds is 3. The Balaban J connectivity index is 2.68. The Morgan fingerprint density at radius 2 is 2.23 bits per heavy atom.